The van der Waals surface area contributed by atoms with Crippen molar-refractivity contribution in [3.05, 3.63) is 11.6 Å². The summed E-state index contributed by atoms with van der Waals surface area (Å²) in [5.74, 6) is 4.25. The maximum absolute atomic E-state index is 10.3. The summed E-state index contributed by atoms with van der Waals surface area (Å²) in [6, 6.07) is 0.664. The van der Waals surface area contributed by atoms with Gasteiger partial charge in [0.25, 0.3) is 0 Å². The van der Waals surface area contributed by atoms with Crippen LogP contribution in [0.5, 0.6) is 0 Å². The van der Waals surface area contributed by atoms with E-state index in [-0.39, 0.29) is 6.10 Å². The number of hydrogen-bond acceptors (Lipinski definition) is 2. The molecule has 0 aromatic rings. The van der Waals surface area contributed by atoms with Crippen LogP contribution in [0, 0.1) is 40.4 Å². The van der Waals surface area contributed by atoms with E-state index in [9.17, 15) is 5.11 Å². The SMILES string of the molecule is C[C@H]1CC2C[C@H](O)CC[C@]2(C)[C@H]2CC[C@]3(C)C(C4CCCCN4)=CC[C@H]3[C@H]12. The van der Waals surface area contributed by atoms with Crippen molar-refractivity contribution < 1.29 is 5.11 Å². The second-order valence-electron chi connectivity index (χ2n) is 11.5. The smallest absolute Gasteiger partial charge is 0.0543 e. The minimum Gasteiger partial charge on any atom is -0.393 e. The van der Waals surface area contributed by atoms with Crippen molar-refractivity contribution in [1.29, 1.82) is 0 Å². The largest absolute Gasteiger partial charge is 0.393 e. The zero-order valence-electron chi connectivity index (χ0n) is 17.8. The molecular weight excluding hydrogens is 330 g/mol. The zero-order chi connectivity index (χ0) is 18.8. The summed E-state index contributed by atoms with van der Waals surface area (Å²) in [6.07, 6.45) is 15.7. The lowest BCUT2D eigenvalue weighted by Crippen LogP contribution is -2.57. The van der Waals surface area contributed by atoms with Crippen LogP contribution in [0.1, 0.15) is 85.0 Å². The molecule has 9 atom stereocenters. The number of aliphatic hydroxyl groups is 1. The first-order chi connectivity index (χ1) is 12.9. The molecule has 3 saturated carbocycles. The lowest BCUT2D eigenvalue weighted by atomic mass is 9.42. The summed E-state index contributed by atoms with van der Waals surface area (Å²) in [6.45, 7) is 9.02. The number of nitrogens with one attached hydrogen (secondary N) is 1. The van der Waals surface area contributed by atoms with Gasteiger partial charge in [-0.15, -0.1) is 0 Å². The molecule has 2 heteroatoms. The van der Waals surface area contributed by atoms with Crippen molar-refractivity contribution in [3.8, 4) is 0 Å². The standard InChI is InChI=1S/C25H41NO/c1-16-14-17-15-18(27)9-11-24(17,2)21-10-12-25(3)19(7-8-20(25)23(16)21)22-6-4-5-13-26-22/h7,16-18,20-23,26-27H,4-6,8-15H2,1-3H3/t16-,17?,18+,20-,21-,22?,23-,24-,25+/m0/s1. The molecule has 1 heterocycles. The Bertz CT molecular complexity index is 607. The summed E-state index contributed by atoms with van der Waals surface area (Å²) in [5, 5.41) is 14.2. The summed E-state index contributed by atoms with van der Waals surface area (Å²) in [7, 11) is 0. The van der Waals surface area contributed by atoms with Crippen LogP contribution in [0.3, 0.4) is 0 Å². The minimum atomic E-state index is -0.0298. The Morgan fingerprint density at radius 2 is 1.89 bits per heavy atom. The van der Waals surface area contributed by atoms with Crippen molar-refractivity contribution in [2.75, 3.05) is 6.54 Å². The molecule has 0 aromatic carbocycles. The molecule has 4 aliphatic carbocycles. The summed E-state index contributed by atoms with van der Waals surface area (Å²) < 4.78 is 0. The highest BCUT2D eigenvalue weighted by atomic mass is 16.3. The number of aliphatic hydroxyl groups excluding tert-OH is 1. The van der Waals surface area contributed by atoms with Crippen molar-refractivity contribution in [2.45, 2.75) is 97.1 Å². The average Bonchev–Trinajstić information content (AvgIpc) is 3.01. The topological polar surface area (TPSA) is 32.3 Å². The molecule has 0 radical (unpaired) electrons. The first-order valence-corrected chi connectivity index (χ1v) is 12.1. The fraction of sp³-hybridized carbons (Fsp3) is 0.920. The van der Waals surface area contributed by atoms with Gasteiger partial charge in [0, 0.05) is 6.04 Å². The number of piperidine rings is 1. The lowest BCUT2D eigenvalue weighted by Gasteiger charge is -2.63. The molecule has 1 saturated heterocycles. The molecule has 2 nitrogen and oxygen atoms in total. The molecule has 0 amide bonds. The molecule has 4 fully saturated rings. The van der Waals surface area contributed by atoms with Gasteiger partial charge in [-0.25, -0.2) is 0 Å². The van der Waals surface area contributed by atoms with Gasteiger partial charge in [0.15, 0.2) is 0 Å². The molecule has 0 bridgehead atoms. The Hall–Kier alpha value is -0.340. The Morgan fingerprint density at radius 3 is 2.67 bits per heavy atom. The molecule has 5 rings (SSSR count). The van der Waals surface area contributed by atoms with Crippen molar-refractivity contribution in [2.24, 2.45) is 40.4 Å². The number of fused-ring (bicyclic) bond motifs is 5. The third-order valence-corrected chi connectivity index (χ3v) is 10.3. The molecule has 27 heavy (non-hydrogen) atoms. The molecule has 0 aromatic heterocycles. The van der Waals surface area contributed by atoms with Gasteiger partial charge < -0.3 is 10.4 Å². The van der Waals surface area contributed by atoms with E-state index in [0.717, 1.165) is 42.4 Å². The van der Waals surface area contributed by atoms with Gasteiger partial charge in [0.2, 0.25) is 0 Å². The second kappa shape index (κ2) is 6.59. The van der Waals surface area contributed by atoms with Gasteiger partial charge in [0.05, 0.1) is 6.10 Å². The number of rotatable bonds is 1. The van der Waals surface area contributed by atoms with Crippen LogP contribution in [0.15, 0.2) is 11.6 Å². The molecule has 1 aliphatic heterocycles. The highest BCUT2D eigenvalue weighted by Crippen LogP contribution is 2.67. The predicted molar refractivity (Wildman–Crippen MR) is 111 cm³/mol. The Labute approximate surface area is 166 Å². The van der Waals surface area contributed by atoms with Crippen LogP contribution in [-0.4, -0.2) is 23.8 Å². The second-order valence-corrected chi connectivity index (χ2v) is 11.5. The normalized spacial score (nSPS) is 55.3. The van der Waals surface area contributed by atoms with Crippen molar-refractivity contribution in [1.82, 2.24) is 5.32 Å². The van der Waals surface area contributed by atoms with Gasteiger partial charge in [-0.3, -0.25) is 0 Å². The van der Waals surface area contributed by atoms with Gasteiger partial charge in [0.1, 0.15) is 0 Å². The van der Waals surface area contributed by atoms with E-state index in [4.69, 9.17) is 0 Å². The Morgan fingerprint density at radius 1 is 1.04 bits per heavy atom. The molecule has 5 aliphatic rings. The maximum atomic E-state index is 10.3. The van der Waals surface area contributed by atoms with E-state index >= 15 is 0 Å². The van der Waals surface area contributed by atoms with E-state index in [1.807, 2.05) is 0 Å². The van der Waals surface area contributed by atoms with E-state index in [1.54, 1.807) is 5.57 Å². The van der Waals surface area contributed by atoms with E-state index in [2.05, 4.69) is 32.2 Å². The molecule has 2 N–H and O–H groups in total. The third-order valence-electron chi connectivity index (χ3n) is 10.3. The highest BCUT2D eigenvalue weighted by Gasteiger charge is 2.60. The van der Waals surface area contributed by atoms with Crippen LogP contribution in [-0.2, 0) is 0 Å². The highest BCUT2D eigenvalue weighted by molar-refractivity contribution is 5.30. The van der Waals surface area contributed by atoms with E-state index in [0.29, 0.717) is 16.9 Å². The van der Waals surface area contributed by atoms with Crippen LogP contribution in [0.4, 0.5) is 0 Å². The summed E-state index contributed by atoms with van der Waals surface area (Å²) in [4.78, 5) is 0. The average molecular weight is 372 g/mol. The predicted octanol–water partition coefficient (Wildman–Crippen LogP) is 5.31. The van der Waals surface area contributed by atoms with Gasteiger partial charge in [-0.05, 0) is 105 Å². The lowest BCUT2D eigenvalue weighted by molar-refractivity contribution is -0.140. The fourth-order valence-electron chi connectivity index (χ4n) is 8.88. The number of hydrogen-bond donors (Lipinski definition) is 2. The van der Waals surface area contributed by atoms with Crippen LogP contribution < -0.4 is 5.32 Å². The maximum Gasteiger partial charge on any atom is 0.0543 e. The molecule has 152 valence electrons. The van der Waals surface area contributed by atoms with Crippen LogP contribution >= 0.6 is 0 Å². The van der Waals surface area contributed by atoms with Gasteiger partial charge in [-0.1, -0.05) is 38.8 Å². The summed E-state index contributed by atoms with van der Waals surface area (Å²) >= 11 is 0. The molecule has 0 spiro atoms. The summed E-state index contributed by atoms with van der Waals surface area (Å²) in [5.41, 5.74) is 2.73. The molecule has 2 unspecified atom stereocenters. The quantitative estimate of drug-likeness (QED) is 0.612. The monoisotopic (exact) mass is 371 g/mol. The Balaban J connectivity index is 1.42. The van der Waals surface area contributed by atoms with Crippen LogP contribution in [0.2, 0.25) is 0 Å². The molecular formula is C25H41NO. The van der Waals surface area contributed by atoms with Gasteiger partial charge >= 0.3 is 0 Å². The van der Waals surface area contributed by atoms with Crippen molar-refractivity contribution >= 4 is 0 Å². The first-order valence-electron chi connectivity index (χ1n) is 12.1. The van der Waals surface area contributed by atoms with E-state index in [1.165, 1.54) is 57.9 Å². The first kappa shape index (κ1) is 18.7. The minimum absolute atomic E-state index is 0.0298. The van der Waals surface area contributed by atoms with E-state index < -0.39 is 0 Å². The zero-order valence-corrected chi connectivity index (χ0v) is 17.8. The van der Waals surface area contributed by atoms with Gasteiger partial charge in [-0.2, -0.15) is 0 Å². The Kier molecular flexibility index (Phi) is 4.56. The number of allylic oxidation sites excluding steroid dienone is 1. The third kappa shape index (κ3) is 2.72. The van der Waals surface area contributed by atoms with Crippen LogP contribution in [0.25, 0.3) is 0 Å². The fourth-order valence-corrected chi connectivity index (χ4v) is 8.88. The van der Waals surface area contributed by atoms with Crippen molar-refractivity contribution in [3.63, 3.8) is 0 Å².